The summed E-state index contributed by atoms with van der Waals surface area (Å²) >= 11 is 3.51. The van der Waals surface area contributed by atoms with Crippen molar-refractivity contribution in [1.29, 1.82) is 0 Å². The average Bonchev–Trinajstić information content (AvgIpc) is 2.29. The maximum absolute atomic E-state index is 4.13. The van der Waals surface area contributed by atoms with Crippen LogP contribution >= 0.6 is 15.9 Å². The summed E-state index contributed by atoms with van der Waals surface area (Å²) in [6.07, 6.45) is 4.99. The molecule has 4 heteroatoms. The lowest BCUT2D eigenvalue weighted by atomic mass is 10.1. The fraction of sp³-hybridized carbons (Fsp3) is 0.182. The van der Waals surface area contributed by atoms with E-state index in [4.69, 9.17) is 0 Å². The van der Waals surface area contributed by atoms with Crippen molar-refractivity contribution in [2.45, 2.75) is 12.8 Å². The van der Waals surface area contributed by atoms with Crippen molar-refractivity contribution in [2.24, 2.45) is 0 Å². The summed E-state index contributed by atoms with van der Waals surface area (Å²) in [5.74, 6) is 0.785. The highest BCUT2D eigenvalue weighted by Crippen LogP contribution is 2.17. The predicted octanol–water partition coefficient (Wildman–Crippen LogP) is 2.42. The Kier molecular flexibility index (Phi) is 3.40. The van der Waals surface area contributed by atoms with Crippen LogP contribution in [0.5, 0.6) is 0 Å². The van der Waals surface area contributed by atoms with Crippen molar-refractivity contribution in [3.05, 3.63) is 52.5 Å². The minimum atomic E-state index is 0.785. The van der Waals surface area contributed by atoms with Gasteiger partial charge < -0.3 is 0 Å². The second-order valence-corrected chi connectivity index (χ2v) is 4.00. The second-order valence-electron chi connectivity index (χ2n) is 3.15. The number of hydrogen-bond donors (Lipinski definition) is 0. The predicted molar refractivity (Wildman–Crippen MR) is 61.4 cm³/mol. The number of aryl methyl sites for hydroxylation is 2. The van der Waals surface area contributed by atoms with Crippen molar-refractivity contribution in [1.82, 2.24) is 15.2 Å². The molecule has 0 radical (unpaired) electrons. The Balaban J connectivity index is 2.03. The van der Waals surface area contributed by atoms with E-state index in [1.165, 1.54) is 5.56 Å². The van der Waals surface area contributed by atoms with Crippen LogP contribution in [0.4, 0.5) is 0 Å². The molecule has 0 spiro atoms. The highest BCUT2D eigenvalue weighted by Gasteiger charge is 2.00. The highest BCUT2D eigenvalue weighted by molar-refractivity contribution is 9.10. The standard InChI is InChI=1S/C11H10BrN3/c12-10-4-2-1-3-9(10)5-6-11-13-7-8-14-15-11/h1-4,7-8H,5-6H2. The normalized spacial score (nSPS) is 10.2. The third-order valence-electron chi connectivity index (χ3n) is 2.11. The van der Waals surface area contributed by atoms with Crippen LogP contribution < -0.4 is 0 Å². The van der Waals surface area contributed by atoms with E-state index in [2.05, 4.69) is 37.2 Å². The van der Waals surface area contributed by atoms with E-state index in [0.29, 0.717) is 0 Å². The topological polar surface area (TPSA) is 38.7 Å². The van der Waals surface area contributed by atoms with Crippen LogP contribution in [0.3, 0.4) is 0 Å². The lowest BCUT2D eigenvalue weighted by Crippen LogP contribution is -1.99. The monoisotopic (exact) mass is 263 g/mol. The van der Waals surface area contributed by atoms with E-state index in [1.807, 2.05) is 18.2 Å². The molecule has 76 valence electrons. The van der Waals surface area contributed by atoms with Gasteiger partial charge in [0.15, 0.2) is 5.82 Å². The van der Waals surface area contributed by atoms with Crippen LogP contribution in [0.15, 0.2) is 41.1 Å². The largest absolute Gasteiger partial charge is 0.238 e. The summed E-state index contributed by atoms with van der Waals surface area (Å²) in [4.78, 5) is 4.13. The van der Waals surface area contributed by atoms with E-state index in [1.54, 1.807) is 12.4 Å². The summed E-state index contributed by atoms with van der Waals surface area (Å²) in [5.41, 5.74) is 1.27. The van der Waals surface area contributed by atoms with E-state index in [-0.39, 0.29) is 0 Å². The molecule has 2 rings (SSSR count). The Morgan fingerprint density at radius 2 is 1.93 bits per heavy atom. The fourth-order valence-corrected chi connectivity index (χ4v) is 1.82. The molecule has 1 heterocycles. The number of rotatable bonds is 3. The zero-order valence-corrected chi connectivity index (χ0v) is 9.68. The maximum atomic E-state index is 4.13. The van der Waals surface area contributed by atoms with Crippen molar-refractivity contribution < 1.29 is 0 Å². The number of benzene rings is 1. The maximum Gasteiger partial charge on any atom is 0.151 e. The minimum absolute atomic E-state index is 0.785. The summed E-state index contributed by atoms with van der Waals surface area (Å²) < 4.78 is 1.13. The molecule has 0 bridgehead atoms. The molecule has 0 N–H and O–H groups in total. The third-order valence-corrected chi connectivity index (χ3v) is 2.88. The second kappa shape index (κ2) is 4.98. The SMILES string of the molecule is Brc1ccccc1CCc1nccnn1. The van der Waals surface area contributed by atoms with E-state index < -0.39 is 0 Å². The van der Waals surface area contributed by atoms with Crippen LogP contribution in [0.1, 0.15) is 11.4 Å². The van der Waals surface area contributed by atoms with Gasteiger partial charge in [-0.25, -0.2) is 4.98 Å². The molecule has 0 aliphatic heterocycles. The lowest BCUT2D eigenvalue weighted by molar-refractivity contribution is 0.800. The van der Waals surface area contributed by atoms with Gasteiger partial charge >= 0.3 is 0 Å². The molecule has 3 nitrogen and oxygen atoms in total. The van der Waals surface area contributed by atoms with Crippen LogP contribution in [-0.2, 0) is 12.8 Å². The van der Waals surface area contributed by atoms with Gasteiger partial charge in [0.1, 0.15) is 0 Å². The van der Waals surface area contributed by atoms with Gasteiger partial charge in [0.25, 0.3) is 0 Å². The molecule has 0 unspecified atom stereocenters. The molecular weight excluding hydrogens is 254 g/mol. The molecule has 0 saturated heterocycles. The smallest absolute Gasteiger partial charge is 0.151 e. The average molecular weight is 264 g/mol. The minimum Gasteiger partial charge on any atom is -0.238 e. The van der Waals surface area contributed by atoms with Gasteiger partial charge in [-0.1, -0.05) is 34.1 Å². The summed E-state index contributed by atoms with van der Waals surface area (Å²) in [5, 5.41) is 7.74. The first-order valence-corrected chi connectivity index (χ1v) is 5.51. The molecular formula is C11H10BrN3. The molecule has 0 amide bonds. The van der Waals surface area contributed by atoms with E-state index >= 15 is 0 Å². The quantitative estimate of drug-likeness (QED) is 0.854. The first kappa shape index (κ1) is 10.2. The summed E-state index contributed by atoms with van der Waals surface area (Å²) in [6, 6.07) is 8.18. The third kappa shape index (κ3) is 2.83. The molecule has 2 aromatic rings. The number of halogens is 1. The molecule has 0 fully saturated rings. The van der Waals surface area contributed by atoms with Crippen molar-refractivity contribution in [2.75, 3.05) is 0 Å². The summed E-state index contributed by atoms with van der Waals surface area (Å²) in [6.45, 7) is 0. The number of hydrogen-bond acceptors (Lipinski definition) is 3. The Bertz CT molecular complexity index is 431. The van der Waals surface area contributed by atoms with Crippen LogP contribution in [-0.4, -0.2) is 15.2 Å². The molecule has 15 heavy (non-hydrogen) atoms. The number of nitrogens with zero attached hydrogens (tertiary/aromatic N) is 3. The van der Waals surface area contributed by atoms with Crippen LogP contribution in [0.2, 0.25) is 0 Å². The van der Waals surface area contributed by atoms with Gasteiger partial charge in [-0.15, -0.1) is 5.10 Å². The van der Waals surface area contributed by atoms with Crippen molar-refractivity contribution in [3.63, 3.8) is 0 Å². The van der Waals surface area contributed by atoms with Crippen molar-refractivity contribution >= 4 is 15.9 Å². The molecule has 0 atom stereocenters. The molecule has 0 aliphatic rings. The molecule has 0 aliphatic carbocycles. The zero-order chi connectivity index (χ0) is 10.5. The highest BCUT2D eigenvalue weighted by atomic mass is 79.9. The fourth-order valence-electron chi connectivity index (χ4n) is 1.34. The van der Waals surface area contributed by atoms with Crippen LogP contribution in [0, 0.1) is 0 Å². The Hall–Kier alpha value is -1.29. The summed E-state index contributed by atoms with van der Waals surface area (Å²) in [7, 11) is 0. The molecule has 1 aromatic heterocycles. The Morgan fingerprint density at radius 3 is 2.67 bits per heavy atom. The lowest BCUT2D eigenvalue weighted by Gasteiger charge is -2.02. The van der Waals surface area contributed by atoms with Crippen molar-refractivity contribution in [3.8, 4) is 0 Å². The molecule has 0 saturated carbocycles. The van der Waals surface area contributed by atoms with Gasteiger partial charge in [-0.2, -0.15) is 5.10 Å². The number of aromatic nitrogens is 3. The Labute approximate surface area is 96.7 Å². The van der Waals surface area contributed by atoms with Crippen LogP contribution in [0.25, 0.3) is 0 Å². The first-order chi connectivity index (χ1) is 7.36. The van der Waals surface area contributed by atoms with Gasteiger partial charge in [-0.05, 0) is 18.1 Å². The Morgan fingerprint density at radius 1 is 1.07 bits per heavy atom. The van der Waals surface area contributed by atoms with Gasteiger partial charge in [0, 0.05) is 17.1 Å². The van der Waals surface area contributed by atoms with E-state index in [9.17, 15) is 0 Å². The first-order valence-electron chi connectivity index (χ1n) is 4.72. The van der Waals surface area contributed by atoms with E-state index in [0.717, 1.165) is 23.1 Å². The van der Waals surface area contributed by atoms with Gasteiger partial charge in [-0.3, -0.25) is 0 Å². The zero-order valence-electron chi connectivity index (χ0n) is 8.10. The van der Waals surface area contributed by atoms with Gasteiger partial charge in [0.05, 0.1) is 6.20 Å². The van der Waals surface area contributed by atoms with Gasteiger partial charge in [0.2, 0.25) is 0 Å². The molecule has 1 aromatic carbocycles.